The van der Waals surface area contributed by atoms with E-state index in [-0.39, 0.29) is 5.91 Å². The fraction of sp³-hybridized carbons (Fsp3) is 0.467. The standard InChI is InChI=1S/C15H19N3OS/c16-15-18-12-6-5-11(9-13(12)20-15)14(19)17-8-7-10-3-1-2-4-10/h5-6,9-10H,1-4,7-8H2,(H2,16,18)(H,17,19). The van der Waals surface area contributed by atoms with Crippen LogP contribution in [0.15, 0.2) is 18.2 Å². The molecule has 1 aliphatic rings. The molecule has 1 fully saturated rings. The Morgan fingerprint density at radius 1 is 1.40 bits per heavy atom. The van der Waals surface area contributed by atoms with Gasteiger partial charge in [0.25, 0.3) is 5.91 Å². The van der Waals surface area contributed by atoms with E-state index in [2.05, 4.69) is 10.3 Å². The Kier molecular flexibility index (Phi) is 3.87. The predicted molar refractivity (Wildman–Crippen MR) is 82.9 cm³/mol. The van der Waals surface area contributed by atoms with Crippen LogP contribution < -0.4 is 11.1 Å². The number of amides is 1. The molecule has 5 heteroatoms. The van der Waals surface area contributed by atoms with Gasteiger partial charge in [-0.3, -0.25) is 4.79 Å². The molecule has 0 bridgehead atoms. The van der Waals surface area contributed by atoms with Crippen LogP contribution in [0.5, 0.6) is 0 Å². The summed E-state index contributed by atoms with van der Waals surface area (Å²) >= 11 is 1.41. The number of fused-ring (bicyclic) bond motifs is 1. The van der Waals surface area contributed by atoms with Crippen molar-refractivity contribution in [3.8, 4) is 0 Å². The summed E-state index contributed by atoms with van der Waals surface area (Å²) in [4.78, 5) is 16.3. The van der Waals surface area contributed by atoms with Gasteiger partial charge in [0.2, 0.25) is 0 Å². The minimum absolute atomic E-state index is 0.00290. The second-order valence-electron chi connectivity index (χ2n) is 5.43. The molecule has 4 nitrogen and oxygen atoms in total. The Labute approximate surface area is 122 Å². The molecule has 20 heavy (non-hydrogen) atoms. The molecule has 0 atom stereocenters. The highest BCUT2D eigenvalue weighted by molar-refractivity contribution is 7.22. The zero-order valence-electron chi connectivity index (χ0n) is 11.4. The van der Waals surface area contributed by atoms with Crippen molar-refractivity contribution in [1.82, 2.24) is 10.3 Å². The van der Waals surface area contributed by atoms with Crippen LogP contribution in [0.2, 0.25) is 0 Å². The highest BCUT2D eigenvalue weighted by Gasteiger charge is 2.15. The number of nitrogens with one attached hydrogen (secondary N) is 1. The van der Waals surface area contributed by atoms with Crippen LogP contribution in [0, 0.1) is 5.92 Å². The number of thiazole rings is 1. The maximum Gasteiger partial charge on any atom is 0.251 e. The highest BCUT2D eigenvalue weighted by Crippen LogP contribution is 2.27. The number of nitrogens with two attached hydrogens (primary N) is 1. The average molecular weight is 289 g/mol. The Morgan fingerprint density at radius 2 is 2.20 bits per heavy atom. The predicted octanol–water partition coefficient (Wildman–Crippen LogP) is 3.19. The SMILES string of the molecule is Nc1nc2ccc(C(=O)NCCC3CCCC3)cc2s1. The van der Waals surface area contributed by atoms with Gasteiger partial charge in [-0.1, -0.05) is 37.0 Å². The van der Waals surface area contributed by atoms with Gasteiger partial charge in [-0.05, 0) is 30.5 Å². The molecule has 2 aromatic rings. The van der Waals surface area contributed by atoms with Crippen LogP contribution in [0.3, 0.4) is 0 Å². The largest absolute Gasteiger partial charge is 0.375 e. The number of aromatic nitrogens is 1. The van der Waals surface area contributed by atoms with E-state index in [1.54, 1.807) is 0 Å². The molecule has 3 rings (SSSR count). The van der Waals surface area contributed by atoms with Gasteiger partial charge >= 0.3 is 0 Å². The number of nitrogen functional groups attached to an aromatic ring is 1. The summed E-state index contributed by atoms with van der Waals surface area (Å²) in [5.41, 5.74) is 7.22. The lowest BCUT2D eigenvalue weighted by Crippen LogP contribution is -2.25. The van der Waals surface area contributed by atoms with Crippen LogP contribution in [-0.2, 0) is 0 Å². The van der Waals surface area contributed by atoms with E-state index >= 15 is 0 Å². The van der Waals surface area contributed by atoms with Crippen molar-refractivity contribution >= 4 is 32.6 Å². The molecule has 1 aromatic carbocycles. The molecule has 1 amide bonds. The number of benzene rings is 1. The molecule has 0 spiro atoms. The molecule has 1 heterocycles. The molecular formula is C15H19N3OS. The Balaban J connectivity index is 1.59. The molecule has 1 aromatic heterocycles. The second-order valence-corrected chi connectivity index (χ2v) is 6.49. The lowest BCUT2D eigenvalue weighted by molar-refractivity contribution is 0.0951. The summed E-state index contributed by atoms with van der Waals surface area (Å²) < 4.78 is 0.964. The molecule has 0 aliphatic heterocycles. The topological polar surface area (TPSA) is 68.0 Å². The van der Waals surface area contributed by atoms with Gasteiger partial charge in [0.15, 0.2) is 5.13 Å². The summed E-state index contributed by atoms with van der Waals surface area (Å²) in [6.45, 7) is 0.770. The maximum absolute atomic E-state index is 12.1. The number of rotatable bonds is 4. The zero-order chi connectivity index (χ0) is 13.9. The van der Waals surface area contributed by atoms with Crippen LogP contribution in [0.25, 0.3) is 10.2 Å². The van der Waals surface area contributed by atoms with Gasteiger partial charge in [-0.15, -0.1) is 0 Å². The van der Waals surface area contributed by atoms with Gasteiger partial charge in [-0.25, -0.2) is 4.98 Å². The first-order valence-corrected chi connectivity index (χ1v) is 7.98. The third-order valence-corrected chi connectivity index (χ3v) is 4.83. The maximum atomic E-state index is 12.1. The van der Waals surface area contributed by atoms with E-state index in [0.717, 1.165) is 29.1 Å². The summed E-state index contributed by atoms with van der Waals surface area (Å²) in [6, 6.07) is 5.54. The van der Waals surface area contributed by atoms with Crippen LogP contribution in [0.4, 0.5) is 5.13 Å². The smallest absolute Gasteiger partial charge is 0.251 e. The Bertz CT molecular complexity index is 617. The summed E-state index contributed by atoms with van der Waals surface area (Å²) in [6.07, 6.45) is 6.44. The van der Waals surface area contributed by atoms with Crippen molar-refractivity contribution in [3.63, 3.8) is 0 Å². The summed E-state index contributed by atoms with van der Waals surface area (Å²) in [5, 5.41) is 3.55. The number of carbonyl (C=O) groups is 1. The molecule has 0 unspecified atom stereocenters. The van der Waals surface area contributed by atoms with Gasteiger partial charge in [0, 0.05) is 12.1 Å². The zero-order valence-corrected chi connectivity index (χ0v) is 12.2. The quantitative estimate of drug-likeness (QED) is 0.908. The lowest BCUT2D eigenvalue weighted by atomic mass is 10.0. The van der Waals surface area contributed by atoms with Crippen LogP contribution in [0.1, 0.15) is 42.5 Å². The van der Waals surface area contributed by atoms with Crippen LogP contribution >= 0.6 is 11.3 Å². The van der Waals surface area contributed by atoms with E-state index in [1.165, 1.54) is 37.0 Å². The molecule has 0 saturated heterocycles. The van der Waals surface area contributed by atoms with Crippen molar-refractivity contribution in [2.75, 3.05) is 12.3 Å². The third kappa shape index (κ3) is 2.93. The number of carbonyl (C=O) groups excluding carboxylic acids is 1. The van der Waals surface area contributed by atoms with E-state index < -0.39 is 0 Å². The Morgan fingerprint density at radius 3 is 3.00 bits per heavy atom. The Hall–Kier alpha value is -1.62. The van der Waals surface area contributed by atoms with Crippen molar-refractivity contribution in [3.05, 3.63) is 23.8 Å². The summed E-state index contributed by atoms with van der Waals surface area (Å²) in [5.74, 6) is 0.802. The second kappa shape index (κ2) is 5.79. The van der Waals surface area contributed by atoms with E-state index in [4.69, 9.17) is 5.73 Å². The van der Waals surface area contributed by atoms with Crippen LogP contribution in [-0.4, -0.2) is 17.4 Å². The molecular weight excluding hydrogens is 270 g/mol. The monoisotopic (exact) mass is 289 g/mol. The minimum atomic E-state index is -0.00290. The minimum Gasteiger partial charge on any atom is -0.375 e. The van der Waals surface area contributed by atoms with Gasteiger partial charge < -0.3 is 11.1 Å². The first-order valence-electron chi connectivity index (χ1n) is 7.16. The van der Waals surface area contributed by atoms with E-state index in [0.29, 0.717) is 10.7 Å². The average Bonchev–Trinajstić information content (AvgIpc) is 3.05. The normalized spacial score (nSPS) is 15.8. The van der Waals surface area contributed by atoms with E-state index in [1.807, 2.05) is 18.2 Å². The molecule has 1 aliphatic carbocycles. The fourth-order valence-corrected chi connectivity index (χ4v) is 3.65. The first kappa shape index (κ1) is 13.4. The molecule has 106 valence electrons. The molecule has 3 N–H and O–H groups in total. The van der Waals surface area contributed by atoms with E-state index in [9.17, 15) is 4.79 Å². The first-order chi connectivity index (χ1) is 9.72. The fourth-order valence-electron chi connectivity index (χ4n) is 2.87. The number of hydrogen-bond donors (Lipinski definition) is 2. The number of nitrogens with zero attached hydrogens (tertiary/aromatic N) is 1. The molecule has 1 saturated carbocycles. The van der Waals surface area contributed by atoms with Gasteiger partial charge in [0.05, 0.1) is 10.2 Å². The van der Waals surface area contributed by atoms with Gasteiger partial charge in [-0.2, -0.15) is 0 Å². The summed E-state index contributed by atoms with van der Waals surface area (Å²) in [7, 11) is 0. The van der Waals surface area contributed by atoms with Crippen molar-refractivity contribution in [2.24, 2.45) is 5.92 Å². The third-order valence-electron chi connectivity index (χ3n) is 3.98. The highest BCUT2D eigenvalue weighted by atomic mass is 32.1. The number of hydrogen-bond acceptors (Lipinski definition) is 4. The van der Waals surface area contributed by atoms with Crippen molar-refractivity contribution < 1.29 is 4.79 Å². The van der Waals surface area contributed by atoms with Crippen molar-refractivity contribution in [1.29, 1.82) is 0 Å². The molecule has 0 radical (unpaired) electrons. The number of anilines is 1. The van der Waals surface area contributed by atoms with Crippen molar-refractivity contribution in [2.45, 2.75) is 32.1 Å². The lowest BCUT2D eigenvalue weighted by Gasteiger charge is -2.09. The van der Waals surface area contributed by atoms with Gasteiger partial charge in [0.1, 0.15) is 0 Å².